The number of hydrogen-bond acceptors (Lipinski definition) is 7. The largest absolute Gasteiger partial charge is 0.480 e. The van der Waals surface area contributed by atoms with Gasteiger partial charge in [0.2, 0.25) is 23.6 Å². The van der Waals surface area contributed by atoms with Crippen LogP contribution in [0.2, 0.25) is 0 Å². The Balaban J connectivity index is 2.21. The first-order valence-electron chi connectivity index (χ1n) is 11.8. The van der Waals surface area contributed by atoms with Crippen LogP contribution < -0.4 is 27.4 Å². The molecule has 4 amide bonds. The molecule has 0 bridgehead atoms. The number of primary amides is 1. The van der Waals surface area contributed by atoms with E-state index in [0.29, 0.717) is 12.0 Å². The van der Waals surface area contributed by atoms with Crippen molar-refractivity contribution < 1.29 is 34.2 Å². The highest BCUT2D eigenvalue weighted by Crippen LogP contribution is 2.19. The molecule has 37 heavy (non-hydrogen) atoms. The van der Waals surface area contributed by atoms with Crippen LogP contribution in [0.3, 0.4) is 0 Å². The summed E-state index contributed by atoms with van der Waals surface area (Å²) in [4.78, 5) is 64.7. The van der Waals surface area contributed by atoms with E-state index in [1.807, 2.05) is 24.3 Å². The molecule has 0 spiro atoms. The number of aliphatic hydroxyl groups is 1. The van der Waals surface area contributed by atoms with Crippen molar-refractivity contribution in [1.82, 2.24) is 20.9 Å². The maximum atomic E-state index is 13.2. The van der Waals surface area contributed by atoms with E-state index in [-0.39, 0.29) is 6.42 Å². The van der Waals surface area contributed by atoms with Crippen LogP contribution in [-0.4, -0.2) is 75.6 Å². The zero-order chi connectivity index (χ0) is 27.7. The van der Waals surface area contributed by atoms with E-state index >= 15 is 0 Å². The molecule has 0 fully saturated rings. The second kappa shape index (κ2) is 13.4. The van der Waals surface area contributed by atoms with Gasteiger partial charge in [-0.1, -0.05) is 38.5 Å². The van der Waals surface area contributed by atoms with Gasteiger partial charge in [0.05, 0.1) is 13.0 Å². The Labute approximate surface area is 213 Å². The van der Waals surface area contributed by atoms with Crippen molar-refractivity contribution in [2.45, 2.75) is 57.3 Å². The number of amides is 4. The van der Waals surface area contributed by atoms with Gasteiger partial charge in [0, 0.05) is 23.5 Å². The van der Waals surface area contributed by atoms with Crippen LogP contribution in [0.15, 0.2) is 30.5 Å². The summed E-state index contributed by atoms with van der Waals surface area (Å²) in [5.74, 6) is -5.11. The lowest BCUT2D eigenvalue weighted by atomic mass is 9.96. The minimum Gasteiger partial charge on any atom is -0.480 e. The van der Waals surface area contributed by atoms with Crippen molar-refractivity contribution in [2.75, 3.05) is 6.61 Å². The van der Waals surface area contributed by atoms with E-state index in [0.717, 1.165) is 10.9 Å². The Morgan fingerprint density at radius 2 is 1.65 bits per heavy atom. The summed E-state index contributed by atoms with van der Waals surface area (Å²) in [6.07, 6.45) is 1.53. The predicted molar refractivity (Wildman–Crippen MR) is 134 cm³/mol. The highest BCUT2D eigenvalue weighted by molar-refractivity contribution is 5.96. The molecule has 5 unspecified atom stereocenters. The second-order valence-corrected chi connectivity index (χ2v) is 8.86. The number of fused-ring (bicyclic) bond motifs is 1. The van der Waals surface area contributed by atoms with Gasteiger partial charge in [-0.25, -0.2) is 4.79 Å². The van der Waals surface area contributed by atoms with Crippen molar-refractivity contribution in [3.8, 4) is 0 Å². The molecule has 0 saturated carbocycles. The van der Waals surface area contributed by atoms with Gasteiger partial charge in [-0.3, -0.25) is 19.2 Å². The molecule has 5 atom stereocenters. The standard InChI is InChI=1S/C24H34N6O7/c1-3-12(2)20(30-22(34)17(9-19(26)32)28-21(33)15(25)11-31)23(35)29-18(24(36)37)8-13-10-27-16-7-5-4-6-14(13)16/h4-7,10,12,15,17-18,20,27,31H,3,8-9,11,25H2,1-2H3,(H2,26,32)(H,28,33)(H,29,35)(H,30,34)(H,36,37). The van der Waals surface area contributed by atoms with Gasteiger partial charge >= 0.3 is 5.97 Å². The molecule has 202 valence electrons. The average molecular weight is 519 g/mol. The van der Waals surface area contributed by atoms with E-state index in [2.05, 4.69) is 20.9 Å². The number of aromatic amines is 1. The Hall–Kier alpha value is -3.97. The third-order valence-corrected chi connectivity index (χ3v) is 6.08. The first kappa shape index (κ1) is 29.3. The number of benzene rings is 1. The summed E-state index contributed by atoms with van der Waals surface area (Å²) in [7, 11) is 0. The monoisotopic (exact) mass is 518 g/mol. The Morgan fingerprint density at radius 1 is 1.00 bits per heavy atom. The van der Waals surface area contributed by atoms with Gasteiger partial charge in [0.15, 0.2) is 0 Å². The number of nitrogens with two attached hydrogens (primary N) is 2. The smallest absolute Gasteiger partial charge is 0.326 e. The molecule has 1 aromatic heterocycles. The van der Waals surface area contributed by atoms with Gasteiger partial charge in [-0.2, -0.15) is 0 Å². The number of para-hydroxylation sites is 1. The molecule has 0 saturated heterocycles. The third-order valence-electron chi connectivity index (χ3n) is 6.08. The molecule has 13 heteroatoms. The number of carbonyl (C=O) groups is 5. The molecule has 0 aliphatic rings. The number of aliphatic carboxylic acids is 1. The van der Waals surface area contributed by atoms with Crippen molar-refractivity contribution >= 4 is 40.5 Å². The first-order chi connectivity index (χ1) is 17.5. The molecule has 0 radical (unpaired) electrons. The average Bonchev–Trinajstić information content (AvgIpc) is 3.27. The lowest BCUT2D eigenvalue weighted by Gasteiger charge is -2.27. The Bertz CT molecular complexity index is 1130. The normalized spacial score (nSPS) is 15.1. The second-order valence-electron chi connectivity index (χ2n) is 8.86. The minimum atomic E-state index is -1.46. The van der Waals surface area contributed by atoms with Crippen LogP contribution in [0.4, 0.5) is 0 Å². The Kier molecular flexibility index (Phi) is 10.6. The molecule has 10 N–H and O–H groups in total. The van der Waals surface area contributed by atoms with Crippen LogP contribution in [0.5, 0.6) is 0 Å². The third kappa shape index (κ3) is 8.02. The maximum absolute atomic E-state index is 13.2. The number of H-pyrrole nitrogens is 1. The molecule has 1 aromatic carbocycles. The lowest BCUT2D eigenvalue weighted by Crippen LogP contribution is -2.59. The summed E-state index contributed by atoms with van der Waals surface area (Å²) in [6, 6.07) is 2.07. The van der Waals surface area contributed by atoms with E-state index < -0.39 is 72.7 Å². The minimum absolute atomic E-state index is 0.00827. The van der Waals surface area contributed by atoms with Crippen molar-refractivity contribution in [3.05, 3.63) is 36.0 Å². The van der Waals surface area contributed by atoms with Crippen LogP contribution >= 0.6 is 0 Å². The van der Waals surface area contributed by atoms with Crippen LogP contribution in [0.1, 0.15) is 32.3 Å². The summed E-state index contributed by atoms with van der Waals surface area (Å²) in [6.45, 7) is 2.77. The van der Waals surface area contributed by atoms with E-state index in [4.69, 9.17) is 16.6 Å². The quantitative estimate of drug-likeness (QED) is 0.146. The molecule has 13 nitrogen and oxygen atoms in total. The highest BCUT2D eigenvalue weighted by atomic mass is 16.4. The van der Waals surface area contributed by atoms with Gasteiger partial charge in [0.1, 0.15) is 24.2 Å². The van der Waals surface area contributed by atoms with Gasteiger partial charge < -0.3 is 42.6 Å². The summed E-state index contributed by atoms with van der Waals surface area (Å²) < 4.78 is 0. The number of carboxylic acid groups (broad SMARTS) is 1. The summed E-state index contributed by atoms with van der Waals surface area (Å²) in [5.41, 5.74) is 12.2. The fourth-order valence-electron chi connectivity index (χ4n) is 3.71. The molecule has 0 aliphatic heterocycles. The molecule has 1 heterocycles. The fraction of sp³-hybridized carbons (Fsp3) is 0.458. The number of carbonyl (C=O) groups excluding carboxylic acids is 4. The van der Waals surface area contributed by atoms with Crippen molar-refractivity contribution in [1.29, 1.82) is 0 Å². The highest BCUT2D eigenvalue weighted by Gasteiger charge is 2.33. The van der Waals surface area contributed by atoms with E-state index in [1.54, 1.807) is 20.0 Å². The lowest BCUT2D eigenvalue weighted by molar-refractivity contribution is -0.142. The number of nitrogens with one attached hydrogen (secondary N) is 4. The number of hydrogen-bond donors (Lipinski definition) is 8. The number of aromatic nitrogens is 1. The number of carboxylic acids is 1. The SMILES string of the molecule is CCC(C)C(NC(=O)C(CC(N)=O)NC(=O)C(N)CO)C(=O)NC(Cc1c[nH]c2ccccc12)C(=O)O. The maximum Gasteiger partial charge on any atom is 0.326 e. The topological polar surface area (TPSA) is 230 Å². The van der Waals surface area contributed by atoms with Crippen molar-refractivity contribution in [3.63, 3.8) is 0 Å². The van der Waals surface area contributed by atoms with Crippen LogP contribution in [-0.2, 0) is 30.4 Å². The van der Waals surface area contributed by atoms with Crippen LogP contribution in [0, 0.1) is 5.92 Å². The molecular formula is C24H34N6O7. The van der Waals surface area contributed by atoms with Crippen LogP contribution in [0.25, 0.3) is 10.9 Å². The van der Waals surface area contributed by atoms with Gasteiger partial charge in [0.25, 0.3) is 0 Å². The number of rotatable bonds is 14. The molecule has 0 aliphatic carbocycles. The Morgan fingerprint density at radius 3 is 2.24 bits per heavy atom. The number of aliphatic hydroxyl groups excluding tert-OH is 1. The summed E-state index contributed by atoms with van der Waals surface area (Å²) in [5, 5.41) is 26.9. The molecule has 2 rings (SSSR count). The predicted octanol–water partition coefficient (Wildman–Crippen LogP) is -1.51. The fourth-order valence-corrected chi connectivity index (χ4v) is 3.71. The zero-order valence-electron chi connectivity index (χ0n) is 20.7. The zero-order valence-corrected chi connectivity index (χ0v) is 20.7. The van der Waals surface area contributed by atoms with Crippen molar-refractivity contribution in [2.24, 2.45) is 17.4 Å². The first-order valence-corrected chi connectivity index (χ1v) is 11.8. The van der Waals surface area contributed by atoms with Gasteiger partial charge in [-0.15, -0.1) is 0 Å². The van der Waals surface area contributed by atoms with Gasteiger partial charge in [-0.05, 0) is 17.5 Å². The van der Waals surface area contributed by atoms with E-state index in [1.165, 1.54) is 0 Å². The molecular weight excluding hydrogens is 484 g/mol. The summed E-state index contributed by atoms with van der Waals surface area (Å²) >= 11 is 0. The molecule has 2 aromatic rings. The van der Waals surface area contributed by atoms with E-state index in [9.17, 15) is 29.1 Å².